The second kappa shape index (κ2) is 6.10. The number of hydrogen-bond donors (Lipinski definition) is 1. The van der Waals surface area contributed by atoms with Crippen molar-refractivity contribution in [2.45, 2.75) is 31.7 Å². The van der Waals surface area contributed by atoms with Crippen molar-refractivity contribution in [2.75, 3.05) is 6.54 Å². The van der Waals surface area contributed by atoms with E-state index in [0.717, 1.165) is 18.5 Å². The fourth-order valence-corrected chi connectivity index (χ4v) is 2.05. The maximum absolute atomic E-state index is 12.0. The quantitative estimate of drug-likeness (QED) is 0.904. The van der Waals surface area contributed by atoms with E-state index in [4.69, 9.17) is 0 Å². The molecule has 1 atom stereocenters. The topological polar surface area (TPSA) is 21.3 Å². The molecule has 0 radical (unpaired) electrons. The van der Waals surface area contributed by atoms with Gasteiger partial charge in [0.2, 0.25) is 0 Å². The molecule has 0 aliphatic carbocycles. The summed E-state index contributed by atoms with van der Waals surface area (Å²) >= 11 is 0. The van der Waals surface area contributed by atoms with Crippen molar-refractivity contribution in [3.63, 3.8) is 0 Å². The highest BCUT2D eigenvalue weighted by Crippen LogP contribution is 2.23. The second-order valence-electron chi connectivity index (χ2n) is 4.53. The minimum absolute atomic E-state index is 0.194. The number of hydrogen-bond acceptors (Lipinski definition) is 2. The fourth-order valence-electron chi connectivity index (χ4n) is 2.05. The van der Waals surface area contributed by atoms with E-state index in [1.54, 1.807) is 12.1 Å². The smallest absolute Gasteiger partial charge is 0.406 e. The summed E-state index contributed by atoms with van der Waals surface area (Å²) < 4.78 is 39.8. The molecular weight excluding hydrogens is 255 g/mol. The minimum atomic E-state index is -4.64. The van der Waals surface area contributed by atoms with E-state index in [0.29, 0.717) is 6.04 Å². The summed E-state index contributed by atoms with van der Waals surface area (Å²) in [6, 6.07) is 6.23. The van der Waals surface area contributed by atoms with E-state index in [9.17, 15) is 13.2 Å². The summed E-state index contributed by atoms with van der Waals surface area (Å²) in [5, 5.41) is 3.37. The van der Waals surface area contributed by atoms with Crippen molar-refractivity contribution < 1.29 is 17.9 Å². The van der Waals surface area contributed by atoms with Crippen molar-refractivity contribution >= 4 is 6.08 Å². The molecule has 104 valence electrons. The largest absolute Gasteiger partial charge is 0.573 e. The summed E-state index contributed by atoms with van der Waals surface area (Å²) in [6.45, 7) is 1.02. The molecule has 1 N–H and O–H groups in total. The Hall–Kier alpha value is -1.49. The number of alkyl halides is 3. The minimum Gasteiger partial charge on any atom is -0.406 e. The molecule has 0 aromatic heterocycles. The van der Waals surface area contributed by atoms with Crippen molar-refractivity contribution in [1.29, 1.82) is 0 Å². The van der Waals surface area contributed by atoms with E-state index in [-0.39, 0.29) is 5.75 Å². The maximum Gasteiger partial charge on any atom is 0.573 e. The molecule has 2 nitrogen and oxygen atoms in total. The Balaban J connectivity index is 1.92. The van der Waals surface area contributed by atoms with Gasteiger partial charge >= 0.3 is 6.36 Å². The average Bonchev–Trinajstić information content (AvgIpc) is 2.37. The van der Waals surface area contributed by atoms with E-state index in [1.807, 2.05) is 6.08 Å². The van der Waals surface area contributed by atoms with Gasteiger partial charge in [-0.1, -0.05) is 30.7 Å². The lowest BCUT2D eigenvalue weighted by molar-refractivity contribution is -0.274. The van der Waals surface area contributed by atoms with E-state index >= 15 is 0 Å². The average molecular weight is 271 g/mol. The van der Waals surface area contributed by atoms with Gasteiger partial charge in [0, 0.05) is 6.04 Å². The van der Waals surface area contributed by atoms with Gasteiger partial charge in [-0.3, -0.25) is 0 Å². The van der Waals surface area contributed by atoms with Crippen LogP contribution in [0.2, 0.25) is 0 Å². The SMILES string of the molecule is FC(F)(F)Oc1ccc(/C=C/C2CCCCN2)cc1. The van der Waals surface area contributed by atoms with Gasteiger partial charge in [0.25, 0.3) is 0 Å². The van der Waals surface area contributed by atoms with Crippen LogP contribution in [-0.4, -0.2) is 18.9 Å². The Kier molecular flexibility index (Phi) is 4.47. The van der Waals surface area contributed by atoms with Crippen LogP contribution in [0.25, 0.3) is 6.08 Å². The van der Waals surface area contributed by atoms with E-state index in [1.165, 1.54) is 25.0 Å². The molecule has 1 fully saturated rings. The van der Waals surface area contributed by atoms with Gasteiger partial charge in [-0.2, -0.15) is 0 Å². The maximum atomic E-state index is 12.0. The number of nitrogens with one attached hydrogen (secondary N) is 1. The lowest BCUT2D eigenvalue weighted by atomic mass is 10.0. The molecule has 1 saturated heterocycles. The predicted molar refractivity (Wildman–Crippen MR) is 67.8 cm³/mol. The first-order valence-corrected chi connectivity index (χ1v) is 6.30. The Morgan fingerprint density at radius 3 is 2.47 bits per heavy atom. The molecule has 1 aromatic rings. The highest BCUT2D eigenvalue weighted by atomic mass is 19.4. The fraction of sp³-hybridized carbons (Fsp3) is 0.429. The van der Waals surface area contributed by atoms with Crippen LogP contribution in [0.5, 0.6) is 5.75 Å². The van der Waals surface area contributed by atoms with Crippen LogP contribution in [0.3, 0.4) is 0 Å². The monoisotopic (exact) mass is 271 g/mol. The number of ether oxygens (including phenoxy) is 1. The first-order valence-electron chi connectivity index (χ1n) is 6.30. The third kappa shape index (κ3) is 4.95. The van der Waals surface area contributed by atoms with Crippen LogP contribution < -0.4 is 10.1 Å². The van der Waals surface area contributed by atoms with E-state index in [2.05, 4.69) is 16.1 Å². The van der Waals surface area contributed by atoms with Crippen LogP contribution in [0.1, 0.15) is 24.8 Å². The van der Waals surface area contributed by atoms with Crippen LogP contribution in [0, 0.1) is 0 Å². The van der Waals surface area contributed by atoms with Gasteiger partial charge in [0.15, 0.2) is 0 Å². The van der Waals surface area contributed by atoms with Crippen LogP contribution in [0.15, 0.2) is 30.3 Å². The zero-order chi connectivity index (χ0) is 13.7. The first kappa shape index (κ1) is 13.9. The Morgan fingerprint density at radius 1 is 1.16 bits per heavy atom. The molecule has 2 rings (SSSR count). The van der Waals surface area contributed by atoms with Crippen molar-refractivity contribution in [3.8, 4) is 5.75 Å². The highest BCUT2D eigenvalue weighted by molar-refractivity contribution is 5.51. The Labute approximate surface area is 110 Å². The molecule has 1 heterocycles. The Morgan fingerprint density at radius 2 is 1.89 bits per heavy atom. The normalized spacial score (nSPS) is 20.7. The van der Waals surface area contributed by atoms with Gasteiger partial charge in [0.1, 0.15) is 5.75 Å². The standard InChI is InChI=1S/C14H16F3NO/c15-14(16,17)19-13-8-5-11(6-9-13)4-7-12-3-1-2-10-18-12/h4-9,12,18H,1-3,10H2/b7-4+. The second-order valence-corrected chi connectivity index (χ2v) is 4.53. The summed E-state index contributed by atoms with van der Waals surface area (Å²) in [6.07, 6.45) is 2.85. The van der Waals surface area contributed by atoms with Gasteiger partial charge in [-0.05, 0) is 37.1 Å². The van der Waals surface area contributed by atoms with Crippen LogP contribution in [-0.2, 0) is 0 Å². The molecule has 0 bridgehead atoms. The number of piperidine rings is 1. The lowest BCUT2D eigenvalue weighted by Crippen LogP contribution is -2.31. The van der Waals surface area contributed by atoms with Gasteiger partial charge in [0.05, 0.1) is 0 Å². The zero-order valence-electron chi connectivity index (χ0n) is 10.4. The predicted octanol–water partition coefficient (Wildman–Crippen LogP) is 3.74. The van der Waals surface area contributed by atoms with Crippen LogP contribution in [0.4, 0.5) is 13.2 Å². The van der Waals surface area contributed by atoms with Crippen molar-refractivity contribution in [3.05, 3.63) is 35.9 Å². The first-order chi connectivity index (χ1) is 9.03. The Bertz CT molecular complexity index is 419. The molecule has 1 aliphatic rings. The third-order valence-corrected chi connectivity index (χ3v) is 2.98. The summed E-state index contributed by atoms with van der Waals surface area (Å²) in [5.41, 5.74) is 0.863. The number of halogens is 3. The zero-order valence-corrected chi connectivity index (χ0v) is 10.4. The molecule has 1 unspecified atom stereocenters. The molecular formula is C14H16F3NO. The molecule has 19 heavy (non-hydrogen) atoms. The molecule has 0 amide bonds. The molecule has 0 saturated carbocycles. The van der Waals surface area contributed by atoms with Gasteiger partial charge < -0.3 is 10.1 Å². The molecule has 5 heteroatoms. The van der Waals surface area contributed by atoms with Gasteiger partial charge in [-0.25, -0.2) is 0 Å². The molecule has 0 spiro atoms. The van der Waals surface area contributed by atoms with E-state index < -0.39 is 6.36 Å². The summed E-state index contributed by atoms with van der Waals surface area (Å²) in [7, 11) is 0. The van der Waals surface area contributed by atoms with Crippen molar-refractivity contribution in [1.82, 2.24) is 5.32 Å². The molecule has 1 aliphatic heterocycles. The van der Waals surface area contributed by atoms with Crippen molar-refractivity contribution in [2.24, 2.45) is 0 Å². The summed E-state index contributed by atoms with van der Waals surface area (Å²) in [4.78, 5) is 0. The molecule has 1 aromatic carbocycles. The van der Waals surface area contributed by atoms with Crippen LogP contribution >= 0.6 is 0 Å². The van der Waals surface area contributed by atoms with Gasteiger partial charge in [-0.15, -0.1) is 13.2 Å². The summed E-state index contributed by atoms with van der Waals surface area (Å²) in [5.74, 6) is -0.194. The highest BCUT2D eigenvalue weighted by Gasteiger charge is 2.30. The number of rotatable bonds is 3. The lowest BCUT2D eigenvalue weighted by Gasteiger charge is -2.20. The third-order valence-electron chi connectivity index (χ3n) is 2.98. The number of benzene rings is 1.